The fourth-order valence-electron chi connectivity index (χ4n) is 5.34. The van der Waals surface area contributed by atoms with Gasteiger partial charge in [0.25, 0.3) is 0 Å². The molecule has 0 aliphatic carbocycles. The Morgan fingerprint density at radius 2 is 0.695 bits per heavy atom. The maximum atomic E-state index is 12.3. The number of carbonyl (C=O) groups is 4. The van der Waals surface area contributed by atoms with Crippen LogP contribution in [0.3, 0.4) is 0 Å². The van der Waals surface area contributed by atoms with Gasteiger partial charge in [-0.2, -0.15) is 0 Å². The summed E-state index contributed by atoms with van der Waals surface area (Å²) in [6.45, 7) is 6.05. The maximum Gasteiger partial charge on any atom is 2.00 e. The van der Waals surface area contributed by atoms with E-state index in [0.29, 0.717) is 0 Å². The smallest absolute Gasteiger partial charge is 0.748 e. The number of rotatable bonds is 28. The zero-order chi connectivity index (χ0) is 43.4. The van der Waals surface area contributed by atoms with Crippen molar-refractivity contribution in [3.63, 3.8) is 0 Å². The molecular formula is C42H62CaO14S2. The van der Waals surface area contributed by atoms with E-state index in [0.717, 1.165) is 52.4 Å². The van der Waals surface area contributed by atoms with Crippen LogP contribution in [0.2, 0.25) is 0 Å². The number of benzene rings is 2. The Morgan fingerprint density at radius 1 is 0.458 bits per heavy atom. The summed E-state index contributed by atoms with van der Waals surface area (Å²) in [7, 11) is -9.11. The number of ether oxygens (including phenoxy) is 4. The van der Waals surface area contributed by atoms with Gasteiger partial charge in [-0.1, -0.05) is 128 Å². The molecule has 2 rings (SSSR count). The summed E-state index contributed by atoms with van der Waals surface area (Å²) >= 11 is 0. The second kappa shape index (κ2) is 32.2. The SMILES string of the molecule is CCCCCCCCCCOC(=O)c1ccccc1C(=O)OCC(C)S(=O)(=O)[O-].CCCCCCCCCCOC(=O)c1ccccc1C(=O)OCC(C)S(=O)(=O)[O-].[Ca+2]. The number of hydrogen-bond acceptors (Lipinski definition) is 14. The fraction of sp³-hybridized carbons (Fsp3) is 0.619. The van der Waals surface area contributed by atoms with Gasteiger partial charge in [-0.25, -0.2) is 36.0 Å². The summed E-state index contributed by atoms with van der Waals surface area (Å²) in [5.74, 6) is -3.02. The van der Waals surface area contributed by atoms with Crippen molar-refractivity contribution in [2.75, 3.05) is 26.4 Å². The largest absolute Gasteiger partial charge is 2.00 e. The first-order valence-electron chi connectivity index (χ1n) is 20.3. The molecule has 0 radical (unpaired) electrons. The second-order valence-electron chi connectivity index (χ2n) is 14.1. The van der Waals surface area contributed by atoms with Gasteiger partial charge in [0.2, 0.25) is 0 Å². The molecule has 17 heteroatoms. The standard InChI is InChI=1S/2C21H32O7S.Ca/c2*1-3-4-5-6-7-8-9-12-15-27-20(22)18-13-10-11-14-19(18)21(23)28-16-17(2)29(24,25)26;/h2*10-11,13-14,17H,3-9,12,15-16H2,1-2H3,(H,24,25,26);/q;;+2/p-2. The van der Waals surface area contributed by atoms with Crippen LogP contribution in [0.25, 0.3) is 0 Å². The topological polar surface area (TPSA) is 220 Å². The number of unbranched alkanes of at least 4 members (excludes halogenated alkanes) is 14. The molecule has 0 heterocycles. The Kier molecular flexibility index (Phi) is 30.7. The molecule has 59 heavy (non-hydrogen) atoms. The van der Waals surface area contributed by atoms with Gasteiger partial charge in [0.15, 0.2) is 0 Å². The molecule has 0 saturated carbocycles. The molecule has 2 aromatic rings. The molecule has 2 atom stereocenters. The second-order valence-corrected chi connectivity index (χ2v) is 17.7. The van der Waals surface area contributed by atoms with Crippen LogP contribution in [-0.2, 0) is 39.2 Å². The van der Waals surface area contributed by atoms with Crippen LogP contribution >= 0.6 is 0 Å². The fourth-order valence-corrected chi connectivity index (χ4v) is 5.81. The molecule has 14 nitrogen and oxygen atoms in total. The van der Waals surface area contributed by atoms with Crippen LogP contribution in [-0.4, -0.2) is 124 Å². The average molecular weight is 895 g/mol. The molecule has 0 aliphatic rings. The third kappa shape index (κ3) is 25.1. The summed E-state index contributed by atoms with van der Waals surface area (Å²) in [4.78, 5) is 49.0. The van der Waals surface area contributed by atoms with Crippen LogP contribution < -0.4 is 0 Å². The van der Waals surface area contributed by atoms with E-state index in [-0.39, 0.29) is 73.2 Å². The van der Waals surface area contributed by atoms with Crippen molar-refractivity contribution < 1.29 is 64.1 Å². The Balaban J connectivity index is 0.00000112. The summed E-state index contributed by atoms with van der Waals surface area (Å²) in [5, 5.41) is -2.74. The Bertz CT molecular complexity index is 1620. The van der Waals surface area contributed by atoms with Gasteiger partial charge < -0.3 is 28.1 Å². The summed E-state index contributed by atoms with van der Waals surface area (Å²) < 4.78 is 85.6. The third-order valence-corrected chi connectivity index (χ3v) is 11.3. The molecule has 328 valence electrons. The van der Waals surface area contributed by atoms with Gasteiger partial charge >= 0.3 is 61.6 Å². The number of carbonyl (C=O) groups excluding carboxylic acids is 4. The van der Waals surface area contributed by atoms with E-state index in [1.165, 1.54) is 88.5 Å². The van der Waals surface area contributed by atoms with Crippen molar-refractivity contribution >= 4 is 81.9 Å². The number of esters is 4. The quantitative estimate of drug-likeness (QED) is 0.0262. The minimum absolute atomic E-state index is 0. The molecule has 0 saturated heterocycles. The van der Waals surface area contributed by atoms with E-state index in [1.807, 2.05) is 0 Å². The van der Waals surface area contributed by atoms with Gasteiger partial charge in [0.1, 0.15) is 33.5 Å². The Morgan fingerprint density at radius 3 is 0.949 bits per heavy atom. The Hall–Kier alpha value is -2.60. The van der Waals surface area contributed by atoms with Crippen LogP contribution in [0, 0.1) is 0 Å². The molecular weight excluding hydrogens is 833 g/mol. The molecule has 0 aliphatic heterocycles. The zero-order valence-corrected chi connectivity index (χ0v) is 39.0. The number of hydrogen-bond donors (Lipinski definition) is 0. The third-order valence-electron chi connectivity index (χ3n) is 9.08. The zero-order valence-electron chi connectivity index (χ0n) is 35.2. The first-order valence-corrected chi connectivity index (χ1v) is 23.2. The predicted octanol–water partition coefficient (Wildman–Crippen LogP) is 7.77. The van der Waals surface area contributed by atoms with E-state index < -0.39 is 67.8 Å². The average Bonchev–Trinajstić information content (AvgIpc) is 3.19. The Labute approximate surface area is 381 Å². The van der Waals surface area contributed by atoms with Gasteiger partial charge in [-0.05, 0) is 51.0 Å². The molecule has 0 amide bonds. The van der Waals surface area contributed by atoms with Crippen molar-refractivity contribution in [3.8, 4) is 0 Å². The minimum Gasteiger partial charge on any atom is -0.748 e. The molecule has 0 bridgehead atoms. The van der Waals surface area contributed by atoms with Crippen molar-refractivity contribution in [3.05, 3.63) is 70.8 Å². The van der Waals surface area contributed by atoms with Crippen LogP contribution in [0.4, 0.5) is 0 Å². The van der Waals surface area contributed by atoms with Crippen molar-refractivity contribution in [2.45, 2.75) is 141 Å². The van der Waals surface area contributed by atoms with Gasteiger partial charge in [-0.15, -0.1) is 0 Å². The van der Waals surface area contributed by atoms with Gasteiger partial charge in [0.05, 0.1) is 46.0 Å². The summed E-state index contributed by atoms with van der Waals surface area (Å²) in [5.41, 5.74) is 0.0530. The molecule has 0 aromatic heterocycles. The summed E-state index contributed by atoms with van der Waals surface area (Å²) in [6, 6.07) is 12.0. The monoisotopic (exact) mass is 894 g/mol. The normalized spacial score (nSPS) is 12.2. The van der Waals surface area contributed by atoms with Crippen molar-refractivity contribution in [1.82, 2.24) is 0 Å². The molecule has 0 fully saturated rings. The van der Waals surface area contributed by atoms with Crippen LogP contribution in [0.1, 0.15) is 172 Å². The van der Waals surface area contributed by atoms with Crippen molar-refractivity contribution in [1.29, 1.82) is 0 Å². The molecule has 2 aromatic carbocycles. The molecule has 0 N–H and O–H groups in total. The van der Waals surface area contributed by atoms with Gasteiger partial charge in [0, 0.05) is 0 Å². The van der Waals surface area contributed by atoms with E-state index in [9.17, 15) is 45.1 Å². The molecule has 0 spiro atoms. The minimum atomic E-state index is -4.55. The van der Waals surface area contributed by atoms with Gasteiger partial charge in [-0.3, -0.25) is 0 Å². The van der Waals surface area contributed by atoms with E-state index in [1.54, 1.807) is 24.3 Å². The summed E-state index contributed by atoms with van der Waals surface area (Å²) in [6.07, 6.45) is 18.0. The molecule has 2 unspecified atom stereocenters. The van der Waals surface area contributed by atoms with Crippen molar-refractivity contribution in [2.24, 2.45) is 0 Å². The van der Waals surface area contributed by atoms with Crippen LogP contribution in [0.15, 0.2) is 48.5 Å². The van der Waals surface area contributed by atoms with Crippen LogP contribution in [0.5, 0.6) is 0 Å². The first kappa shape index (κ1) is 56.4. The van der Waals surface area contributed by atoms with E-state index in [2.05, 4.69) is 13.8 Å². The van der Waals surface area contributed by atoms with E-state index in [4.69, 9.17) is 18.9 Å². The van der Waals surface area contributed by atoms with E-state index >= 15 is 0 Å². The maximum absolute atomic E-state index is 12.3. The predicted molar refractivity (Wildman–Crippen MR) is 223 cm³/mol. The first-order chi connectivity index (χ1) is 27.5.